The van der Waals surface area contributed by atoms with Crippen molar-refractivity contribution in [1.29, 1.82) is 0 Å². The van der Waals surface area contributed by atoms with Gasteiger partial charge in [0.2, 0.25) is 0 Å². The minimum absolute atomic E-state index is 0.172. The van der Waals surface area contributed by atoms with E-state index in [2.05, 4.69) is 32.6 Å². The fraction of sp³-hybridized carbons (Fsp3) is 1.00. The van der Waals surface area contributed by atoms with Gasteiger partial charge < -0.3 is 10.5 Å². The van der Waals surface area contributed by atoms with Crippen LogP contribution in [0.25, 0.3) is 0 Å². The molecule has 1 rings (SSSR count). The van der Waals surface area contributed by atoms with E-state index in [1.807, 2.05) is 0 Å². The van der Waals surface area contributed by atoms with Gasteiger partial charge in [-0.2, -0.15) is 0 Å². The number of nitrogens with two attached hydrogens (primary N) is 1. The molecule has 0 saturated carbocycles. The molecule has 0 radical (unpaired) electrons. The average Bonchev–Trinajstić information content (AvgIpc) is 2.29. The van der Waals surface area contributed by atoms with Crippen LogP contribution < -0.4 is 5.73 Å². The van der Waals surface area contributed by atoms with Crippen molar-refractivity contribution in [3.05, 3.63) is 0 Å². The van der Waals surface area contributed by atoms with Crippen LogP contribution in [0.3, 0.4) is 0 Å². The molecule has 0 bridgehead atoms. The van der Waals surface area contributed by atoms with Gasteiger partial charge in [-0.3, -0.25) is 4.90 Å². The van der Waals surface area contributed by atoms with Crippen LogP contribution in [0, 0.1) is 5.92 Å². The second kappa shape index (κ2) is 6.72. The van der Waals surface area contributed by atoms with Crippen molar-refractivity contribution >= 4 is 0 Å². The molecule has 1 heterocycles. The highest BCUT2D eigenvalue weighted by Crippen LogP contribution is 2.27. The van der Waals surface area contributed by atoms with Crippen LogP contribution in [0.4, 0.5) is 0 Å². The van der Waals surface area contributed by atoms with Gasteiger partial charge in [0, 0.05) is 31.8 Å². The minimum Gasteiger partial charge on any atom is -0.378 e. The van der Waals surface area contributed by atoms with E-state index in [0.717, 1.165) is 39.1 Å². The lowest BCUT2D eigenvalue weighted by atomic mass is 9.87. The second-order valence-corrected chi connectivity index (χ2v) is 5.94. The number of hydrogen-bond acceptors (Lipinski definition) is 3. The first-order chi connectivity index (χ1) is 8.01. The number of hydrogen-bond donors (Lipinski definition) is 1. The van der Waals surface area contributed by atoms with Crippen LogP contribution in [0.5, 0.6) is 0 Å². The topological polar surface area (TPSA) is 38.5 Å². The molecule has 1 atom stereocenters. The van der Waals surface area contributed by atoms with Crippen LogP contribution >= 0.6 is 0 Å². The number of rotatable bonds is 6. The Hall–Kier alpha value is -0.120. The van der Waals surface area contributed by atoms with Gasteiger partial charge in [-0.1, -0.05) is 13.8 Å². The summed E-state index contributed by atoms with van der Waals surface area (Å²) in [6, 6.07) is 0. The summed E-state index contributed by atoms with van der Waals surface area (Å²) in [5.74, 6) is 0.702. The predicted molar refractivity (Wildman–Crippen MR) is 73.1 cm³/mol. The average molecular weight is 242 g/mol. The summed E-state index contributed by atoms with van der Waals surface area (Å²) >= 11 is 0. The number of likely N-dealkylation sites (tertiary alicyclic amines) is 1. The van der Waals surface area contributed by atoms with Crippen LogP contribution in [0.1, 0.15) is 47.0 Å². The maximum Gasteiger partial charge on any atom is 0.0599 e. The Labute approximate surface area is 107 Å². The van der Waals surface area contributed by atoms with Crippen molar-refractivity contribution in [3.63, 3.8) is 0 Å². The number of piperidine rings is 1. The van der Waals surface area contributed by atoms with Crippen molar-refractivity contribution in [2.75, 3.05) is 26.2 Å². The smallest absolute Gasteiger partial charge is 0.0599 e. The second-order valence-electron chi connectivity index (χ2n) is 5.94. The Bertz CT molecular complexity index is 212. The van der Waals surface area contributed by atoms with Gasteiger partial charge in [0.05, 0.1) is 6.10 Å². The molecule has 1 fully saturated rings. The third-order valence-electron chi connectivity index (χ3n) is 3.90. The maximum atomic E-state index is 6.01. The third kappa shape index (κ3) is 4.23. The van der Waals surface area contributed by atoms with Crippen LogP contribution in [-0.4, -0.2) is 42.8 Å². The molecule has 0 aromatic carbocycles. The minimum atomic E-state index is 0.172. The quantitative estimate of drug-likeness (QED) is 0.776. The van der Waals surface area contributed by atoms with E-state index in [1.54, 1.807) is 0 Å². The van der Waals surface area contributed by atoms with Crippen LogP contribution in [-0.2, 0) is 4.74 Å². The zero-order chi connectivity index (χ0) is 12.9. The molecule has 1 unspecified atom stereocenters. The molecule has 0 aromatic heterocycles. The van der Waals surface area contributed by atoms with E-state index < -0.39 is 0 Å². The van der Waals surface area contributed by atoms with Crippen molar-refractivity contribution in [2.24, 2.45) is 11.7 Å². The van der Waals surface area contributed by atoms with E-state index in [-0.39, 0.29) is 5.54 Å². The summed E-state index contributed by atoms with van der Waals surface area (Å²) in [6.07, 6.45) is 3.96. The van der Waals surface area contributed by atoms with Gasteiger partial charge in [0.15, 0.2) is 0 Å². The van der Waals surface area contributed by atoms with Crippen molar-refractivity contribution in [2.45, 2.75) is 58.6 Å². The van der Waals surface area contributed by atoms with Crippen molar-refractivity contribution in [1.82, 2.24) is 4.90 Å². The lowest BCUT2D eigenvalue weighted by Crippen LogP contribution is -2.55. The Morgan fingerprint density at radius 3 is 2.35 bits per heavy atom. The lowest BCUT2D eigenvalue weighted by Gasteiger charge is -2.45. The normalized spacial score (nSPS) is 22.9. The number of nitrogens with zero attached hydrogens (tertiary/aromatic N) is 1. The molecule has 0 aliphatic carbocycles. The fourth-order valence-electron chi connectivity index (χ4n) is 3.02. The van der Waals surface area contributed by atoms with E-state index in [4.69, 9.17) is 10.5 Å². The van der Waals surface area contributed by atoms with E-state index in [9.17, 15) is 0 Å². The molecule has 2 N–H and O–H groups in total. The summed E-state index contributed by atoms with van der Waals surface area (Å²) in [4.78, 5) is 2.57. The molecule has 3 nitrogen and oxygen atoms in total. The summed E-state index contributed by atoms with van der Waals surface area (Å²) < 4.78 is 5.70. The first-order valence-electron chi connectivity index (χ1n) is 7.08. The zero-order valence-corrected chi connectivity index (χ0v) is 12.0. The highest BCUT2D eigenvalue weighted by Gasteiger charge is 2.33. The molecule has 3 heteroatoms. The van der Waals surface area contributed by atoms with Gasteiger partial charge in [-0.05, 0) is 39.0 Å². The van der Waals surface area contributed by atoms with E-state index in [0.29, 0.717) is 12.0 Å². The molecule has 0 amide bonds. The first-order valence-corrected chi connectivity index (χ1v) is 7.08. The zero-order valence-electron chi connectivity index (χ0n) is 12.0. The first kappa shape index (κ1) is 14.9. The van der Waals surface area contributed by atoms with Crippen molar-refractivity contribution in [3.8, 4) is 0 Å². The van der Waals surface area contributed by atoms with Crippen LogP contribution in [0.15, 0.2) is 0 Å². The SMILES string of the molecule is CCOC1CCN(C(C)(CN)CC(C)C)CC1. The van der Waals surface area contributed by atoms with Gasteiger partial charge >= 0.3 is 0 Å². The van der Waals surface area contributed by atoms with Gasteiger partial charge in [-0.25, -0.2) is 0 Å². The standard InChI is InChI=1S/C14H30N2O/c1-5-17-13-6-8-16(9-7-13)14(4,11-15)10-12(2)3/h12-13H,5-11,15H2,1-4H3. The number of ether oxygens (including phenoxy) is 1. The van der Waals surface area contributed by atoms with Gasteiger partial charge in [0.1, 0.15) is 0 Å². The highest BCUT2D eigenvalue weighted by atomic mass is 16.5. The molecule has 1 aliphatic heterocycles. The molecule has 1 aliphatic rings. The Morgan fingerprint density at radius 1 is 1.35 bits per heavy atom. The molecular formula is C14H30N2O. The third-order valence-corrected chi connectivity index (χ3v) is 3.90. The Kier molecular flexibility index (Phi) is 5.90. The summed E-state index contributed by atoms with van der Waals surface area (Å²) in [7, 11) is 0. The summed E-state index contributed by atoms with van der Waals surface area (Å²) in [5, 5.41) is 0. The molecule has 17 heavy (non-hydrogen) atoms. The molecule has 0 aromatic rings. The monoisotopic (exact) mass is 242 g/mol. The van der Waals surface area contributed by atoms with Crippen molar-refractivity contribution < 1.29 is 4.74 Å². The van der Waals surface area contributed by atoms with Gasteiger partial charge in [-0.15, -0.1) is 0 Å². The van der Waals surface area contributed by atoms with Gasteiger partial charge in [0.25, 0.3) is 0 Å². The largest absolute Gasteiger partial charge is 0.378 e. The lowest BCUT2D eigenvalue weighted by molar-refractivity contribution is -0.0185. The molecule has 0 spiro atoms. The van der Waals surface area contributed by atoms with E-state index >= 15 is 0 Å². The maximum absolute atomic E-state index is 6.01. The molecule has 102 valence electrons. The van der Waals surface area contributed by atoms with Crippen LogP contribution in [0.2, 0.25) is 0 Å². The highest BCUT2D eigenvalue weighted by molar-refractivity contribution is 4.91. The molecular weight excluding hydrogens is 212 g/mol. The van der Waals surface area contributed by atoms with E-state index in [1.165, 1.54) is 6.42 Å². The molecule has 1 saturated heterocycles. The summed E-state index contributed by atoms with van der Waals surface area (Å²) in [5.41, 5.74) is 6.18. The fourth-order valence-corrected chi connectivity index (χ4v) is 3.02. The Balaban J connectivity index is 2.49. The predicted octanol–water partition coefficient (Wildman–Crippen LogP) is 2.25. The Morgan fingerprint density at radius 2 is 1.94 bits per heavy atom. The summed E-state index contributed by atoms with van der Waals surface area (Å²) in [6.45, 7) is 12.8.